The van der Waals surface area contributed by atoms with Crippen molar-refractivity contribution in [1.82, 2.24) is 0 Å². The van der Waals surface area contributed by atoms with Gasteiger partial charge in [0, 0.05) is 0 Å². The second-order valence-electron chi connectivity index (χ2n) is 3.13. The molecular weight excluding hydrogens is 176 g/mol. The summed E-state index contributed by atoms with van der Waals surface area (Å²) in [4.78, 5) is 0. The fourth-order valence-electron chi connectivity index (χ4n) is 0.637. The van der Waals surface area contributed by atoms with Gasteiger partial charge in [-0.25, -0.2) is 4.39 Å². The smallest absolute Gasteiger partial charge is 0.386 e. The topological polar surface area (TPSA) is 20.2 Å². The molecule has 1 N–H and O–H groups in total. The summed E-state index contributed by atoms with van der Waals surface area (Å²) in [6.45, 7) is 2.47. The van der Waals surface area contributed by atoms with Crippen molar-refractivity contribution in [2.24, 2.45) is 0 Å². The van der Waals surface area contributed by atoms with Gasteiger partial charge in [0.2, 0.25) is 5.67 Å². The fourth-order valence-corrected chi connectivity index (χ4v) is 0.637. The standard InChI is InChI=1S/C7H12F4O/c1-4-5(2,12)6(3,8)7(9,10)11/h12H,4H2,1-3H3. The van der Waals surface area contributed by atoms with Gasteiger partial charge in [0.05, 0.1) is 0 Å². The maximum Gasteiger partial charge on any atom is 0.425 e. The van der Waals surface area contributed by atoms with E-state index in [1.807, 2.05) is 0 Å². The van der Waals surface area contributed by atoms with Gasteiger partial charge in [0.1, 0.15) is 5.60 Å². The summed E-state index contributed by atoms with van der Waals surface area (Å²) in [5, 5.41) is 9.09. The zero-order chi connectivity index (χ0) is 10.2. The maximum atomic E-state index is 13.0. The van der Waals surface area contributed by atoms with Crippen molar-refractivity contribution >= 4 is 0 Å². The van der Waals surface area contributed by atoms with Gasteiger partial charge in [0.25, 0.3) is 0 Å². The Kier molecular flexibility index (Phi) is 2.79. The number of halogens is 4. The number of alkyl halides is 4. The summed E-state index contributed by atoms with van der Waals surface area (Å²) in [7, 11) is 0. The van der Waals surface area contributed by atoms with E-state index in [1.165, 1.54) is 6.92 Å². The third-order valence-electron chi connectivity index (χ3n) is 2.23. The summed E-state index contributed by atoms with van der Waals surface area (Å²) in [5.41, 5.74) is -5.93. The van der Waals surface area contributed by atoms with Crippen LogP contribution in [0.5, 0.6) is 0 Å². The highest BCUT2D eigenvalue weighted by molar-refractivity contribution is 4.98. The van der Waals surface area contributed by atoms with E-state index in [9.17, 15) is 17.6 Å². The second-order valence-corrected chi connectivity index (χ2v) is 3.13. The minimum absolute atomic E-state index is 0.292. The highest BCUT2D eigenvalue weighted by Gasteiger charge is 2.61. The highest BCUT2D eigenvalue weighted by Crippen LogP contribution is 2.42. The predicted molar refractivity (Wildman–Crippen MR) is 36.5 cm³/mol. The quantitative estimate of drug-likeness (QED) is 0.660. The minimum Gasteiger partial charge on any atom is -0.386 e. The maximum absolute atomic E-state index is 13.0. The van der Waals surface area contributed by atoms with Gasteiger partial charge in [-0.15, -0.1) is 0 Å². The Morgan fingerprint density at radius 2 is 1.42 bits per heavy atom. The summed E-state index contributed by atoms with van der Waals surface area (Å²) in [6, 6.07) is 0. The van der Waals surface area contributed by atoms with Crippen molar-refractivity contribution in [3.05, 3.63) is 0 Å². The van der Waals surface area contributed by atoms with Crippen molar-refractivity contribution in [2.45, 2.75) is 44.6 Å². The Balaban J connectivity index is 4.85. The molecular formula is C7H12F4O. The molecule has 0 saturated heterocycles. The lowest BCUT2D eigenvalue weighted by Gasteiger charge is -2.36. The zero-order valence-electron chi connectivity index (χ0n) is 7.17. The first-order chi connectivity index (χ1) is 5.06. The highest BCUT2D eigenvalue weighted by atomic mass is 19.4. The molecule has 0 aromatic rings. The SMILES string of the molecule is CCC(C)(O)C(C)(F)C(F)(F)F. The lowest BCUT2D eigenvalue weighted by Crippen LogP contribution is -2.55. The molecule has 2 unspecified atom stereocenters. The van der Waals surface area contributed by atoms with Crippen LogP contribution in [0.15, 0.2) is 0 Å². The number of hydrogen-bond donors (Lipinski definition) is 1. The van der Waals surface area contributed by atoms with E-state index in [0.29, 0.717) is 6.92 Å². The van der Waals surface area contributed by atoms with Gasteiger partial charge in [-0.3, -0.25) is 0 Å². The minimum atomic E-state index is -5.04. The van der Waals surface area contributed by atoms with Crippen LogP contribution < -0.4 is 0 Å². The van der Waals surface area contributed by atoms with E-state index in [0.717, 1.165) is 6.92 Å². The molecule has 5 heteroatoms. The van der Waals surface area contributed by atoms with E-state index in [1.54, 1.807) is 0 Å². The normalized spacial score (nSPS) is 23.0. The third kappa shape index (κ3) is 1.71. The van der Waals surface area contributed by atoms with Crippen LogP contribution >= 0.6 is 0 Å². The van der Waals surface area contributed by atoms with Gasteiger partial charge in [-0.05, 0) is 20.3 Å². The molecule has 0 saturated carbocycles. The van der Waals surface area contributed by atoms with E-state index >= 15 is 0 Å². The molecule has 0 fully saturated rings. The van der Waals surface area contributed by atoms with Crippen LogP contribution in [-0.4, -0.2) is 22.6 Å². The van der Waals surface area contributed by atoms with Crippen molar-refractivity contribution in [3.8, 4) is 0 Å². The second kappa shape index (κ2) is 2.87. The van der Waals surface area contributed by atoms with Crippen LogP contribution in [0, 0.1) is 0 Å². The molecule has 0 heterocycles. The van der Waals surface area contributed by atoms with Gasteiger partial charge in [0.15, 0.2) is 0 Å². The van der Waals surface area contributed by atoms with Crippen molar-refractivity contribution < 1.29 is 22.7 Å². The first kappa shape index (κ1) is 11.7. The summed E-state index contributed by atoms with van der Waals surface area (Å²) in [6.07, 6.45) is -5.33. The van der Waals surface area contributed by atoms with Gasteiger partial charge >= 0.3 is 6.18 Å². The largest absolute Gasteiger partial charge is 0.425 e. The molecule has 0 aliphatic carbocycles. The van der Waals surface area contributed by atoms with Gasteiger partial charge in [-0.2, -0.15) is 13.2 Å². The number of hydrogen-bond acceptors (Lipinski definition) is 1. The van der Waals surface area contributed by atoms with E-state index in [2.05, 4.69) is 0 Å². The predicted octanol–water partition coefficient (Wildman–Crippen LogP) is 2.44. The van der Waals surface area contributed by atoms with Crippen molar-refractivity contribution in [1.29, 1.82) is 0 Å². The average Bonchev–Trinajstić information content (AvgIpc) is 1.85. The van der Waals surface area contributed by atoms with E-state index in [4.69, 9.17) is 5.11 Å². The molecule has 74 valence electrons. The Bertz CT molecular complexity index is 159. The van der Waals surface area contributed by atoms with Crippen LogP contribution in [0.3, 0.4) is 0 Å². The van der Waals surface area contributed by atoms with Crippen LogP contribution in [0.25, 0.3) is 0 Å². The first-order valence-electron chi connectivity index (χ1n) is 3.54. The monoisotopic (exact) mass is 188 g/mol. The molecule has 0 rings (SSSR count). The molecule has 0 aliphatic heterocycles. The lowest BCUT2D eigenvalue weighted by atomic mass is 9.85. The molecule has 0 bridgehead atoms. The number of rotatable bonds is 2. The van der Waals surface area contributed by atoms with Crippen molar-refractivity contribution in [2.75, 3.05) is 0 Å². The van der Waals surface area contributed by atoms with E-state index in [-0.39, 0.29) is 6.42 Å². The summed E-state index contributed by atoms with van der Waals surface area (Å²) < 4.78 is 48.9. The Hall–Kier alpha value is -0.320. The van der Waals surface area contributed by atoms with Crippen LogP contribution in [0.1, 0.15) is 27.2 Å². The average molecular weight is 188 g/mol. The molecule has 0 amide bonds. The Morgan fingerprint density at radius 1 is 1.08 bits per heavy atom. The van der Waals surface area contributed by atoms with Gasteiger partial charge in [-0.1, -0.05) is 6.92 Å². The fraction of sp³-hybridized carbons (Fsp3) is 1.00. The summed E-state index contributed by atoms with van der Waals surface area (Å²) >= 11 is 0. The molecule has 1 nitrogen and oxygen atoms in total. The Morgan fingerprint density at radius 3 is 1.50 bits per heavy atom. The molecule has 0 spiro atoms. The molecule has 0 radical (unpaired) electrons. The molecule has 0 aliphatic rings. The molecule has 0 aromatic heterocycles. The third-order valence-corrected chi connectivity index (χ3v) is 2.23. The van der Waals surface area contributed by atoms with Gasteiger partial charge < -0.3 is 5.11 Å². The first-order valence-corrected chi connectivity index (χ1v) is 3.54. The summed E-state index contributed by atoms with van der Waals surface area (Å²) in [5.74, 6) is 0. The van der Waals surface area contributed by atoms with Crippen LogP contribution in [-0.2, 0) is 0 Å². The van der Waals surface area contributed by atoms with Crippen LogP contribution in [0.2, 0.25) is 0 Å². The Labute approximate surface area is 68.4 Å². The van der Waals surface area contributed by atoms with E-state index < -0.39 is 17.4 Å². The molecule has 12 heavy (non-hydrogen) atoms. The lowest BCUT2D eigenvalue weighted by molar-refractivity contribution is -0.278. The molecule has 0 aromatic carbocycles. The zero-order valence-corrected chi connectivity index (χ0v) is 7.17. The van der Waals surface area contributed by atoms with Crippen molar-refractivity contribution in [3.63, 3.8) is 0 Å². The number of aliphatic hydroxyl groups is 1. The van der Waals surface area contributed by atoms with Crippen LogP contribution in [0.4, 0.5) is 17.6 Å². The molecule has 2 atom stereocenters.